The monoisotopic (exact) mass is 314 g/mol. The number of carbonyl (C=O) groups excluding carboxylic acids is 1. The van der Waals surface area contributed by atoms with Crippen LogP contribution in [-0.2, 0) is 16.3 Å². The van der Waals surface area contributed by atoms with Gasteiger partial charge in [0.05, 0.1) is 11.5 Å². The molecule has 1 N–H and O–H groups in total. The van der Waals surface area contributed by atoms with E-state index in [1.54, 1.807) is 19.2 Å². The molecule has 116 valence electrons. The first-order chi connectivity index (χ1) is 9.87. The highest BCUT2D eigenvalue weighted by molar-refractivity contribution is 7.91. The minimum absolute atomic E-state index is 0.0366. The summed E-state index contributed by atoms with van der Waals surface area (Å²) in [5, 5.41) is 2.75. The van der Waals surface area contributed by atoms with Crippen LogP contribution < -0.4 is 5.32 Å². The van der Waals surface area contributed by atoms with Crippen LogP contribution in [0.15, 0.2) is 24.3 Å². The number of carbonyl (C=O) groups is 1. The van der Waals surface area contributed by atoms with Crippen molar-refractivity contribution < 1.29 is 17.6 Å². The van der Waals surface area contributed by atoms with E-state index in [1.807, 2.05) is 0 Å². The molecule has 2 rings (SSSR count). The second kappa shape index (κ2) is 6.43. The van der Waals surface area contributed by atoms with E-state index in [1.165, 1.54) is 17.0 Å². The molecule has 21 heavy (non-hydrogen) atoms. The average molecular weight is 314 g/mol. The number of halogens is 1. The number of rotatable bonds is 4. The Balaban J connectivity index is 1.78. The van der Waals surface area contributed by atoms with E-state index >= 15 is 0 Å². The van der Waals surface area contributed by atoms with E-state index in [9.17, 15) is 17.6 Å². The molecule has 1 fully saturated rings. The van der Waals surface area contributed by atoms with Crippen LogP contribution >= 0.6 is 0 Å². The lowest BCUT2D eigenvalue weighted by atomic mass is 10.1. The van der Waals surface area contributed by atoms with Gasteiger partial charge in [-0.1, -0.05) is 12.1 Å². The van der Waals surface area contributed by atoms with E-state index < -0.39 is 9.84 Å². The zero-order valence-corrected chi connectivity index (χ0v) is 12.7. The SMILES string of the molecule is CN(C(=O)NCCc1ccc(F)cc1)[C@H]1CCS(=O)(=O)C1. The van der Waals surface area contributed by atoms with Gasteiger partial charge in [-0.05, 0) is 30.5 Å². The van der Waals surface area contributed by atoms with Crippen molar-refractivity contribution in [2.75, 3.05) is 25.1 Å². The molecule has 0 bridgehead atoms. The summed E-state index contributed by atoms with van der Waals surface area (Å²) in [7, 11) is -1.39. The number of amides is 2. The second-order valence-corrected chi connectivity index (χ2v) is 7.50. The predicted octanol–water partition coefficient (Wildman–Crippen LogP) is 1.20. The molecule has 0 spiro atoms. The molecule has 5 nitrogen and oxygen atoms in total. The summed E-state index contributed by atoms with van der Waals surface area (Å²) in [6.07, 6.45) is 1.09. The van der Waals surface area contributed by atoms with Gasteiger partial charge < -0.3 is 10.2 Å². The summed E-state index contributed by atoms with van der Waals surface area (Å²) >= 11 is 0. The van der Waals surface area contributed by atoms with Crippen LogP contribution in [0.2, 0.25) is 0 Å². The van der Waals surface area contributed by atoms with E-state index in [0.717, 1.165) is 5.56 Å². The molecule has 0 radical (unpaired) electrons. The normalized spacial score (nSPS) is 20.2. The molecule has 1 aromatic rings. The summed E-state index contributed by atoms with van der Waals surface area (Å²) in [6.45, 7) is 0.425. The summed E-state index contributed by atoms with van der Waals surface area (Å²) in [4.78, 5) is 13.4. The van der Waals surface area contributed by atoms with Gasteiger partial charge in [0.25, 0.3) is 0 Å². The molecule has 1 aromatic carbocycles. The second-order valence-electron chi connectivity index (χ2n) is 5.28. The molecule has 7 heteroatoms. The fourth-order valence-electron chi connectivity index (χ4n) is 2.34. The maximum absolute atomic E-state index is 12.8. The molecule has 0 saturated carbocycles. The molecule has 1 saturated heterocycles. The molecule has 1 aliphatic rings. The third kappa shape index (κ3) is 4.42. The Morgan fingerprint density at radius 3 is 2.62 bits per heavy atom. The van der Waals surface area contributed by atoms with Crippen LogP contribution in [0.5, 0.6) is 0 Å². The lowest BCUT2D eigenvalue weighted by molar-refractivity contribution is 0.195. The highest BCUT2D eigenvalue weighted by atomic mass is 32.2. The van der Waals surface area contributed by atoms with Gasteiger partial charge in [0, 0.05) is 19.6 Å². The molecular formula is C14H19FN2O3S. The summed E-state index contributed by atoms with van der Waals surface area (Å²) < 4.78 is 35.6. The molecule has 2 amide bonds. The topological polar surface area (TPSA) is 66.5 Å². The lowest BCUT2D eigenvalue weighted by Gasteiger charge is -2.23. The van der Waals surface area contributed by atoms with Crippen LogP contribution in [0, 0.1) is 5.82 Å². The van der Waals surface area contributed by atoms with E-state index in [-0.39, 0.29) is 29.4 Å². The number of urea groups is 1. The molecule has 1 heterocycles. The Kier molecular flexibility index (Phi) is 4.82. The van der Waals surface area contributed by atoms with Gasteiger partial charge in [-0.2, -0.15) is 0 Å². The van der Waals surface area contributed by atoms with Gasteiger partial charge in [-0.3, -0.25) is 0 Å². The average Bonchev–Trinajstić information content (AvgIpc) is 2.80. The Morgan fingerprint density at radius 1 is 1.38 bits per heavy atom. The third-order valence-electron chi connectivity index (χ3n) is 3.68. The third-order valence-corrected chi connectivity index (χ3v) is 5.43. The van der Waals surface area contributed by atoms with Crippen molar-refractivity contribution in [3.63, 3.8) is 0 Å². The quantitative estimate of drug-likeness (QED) is 0.908. The number of nitrogens with zero attached hydrogens (tertiary/aromatic N) is 1. The summed E-state index contributed by atoms with van der Waals surface area (Å²) in [6, 6.07) is 5.59. The highest BCUT2D eigenvalue weighted by Gasteiger charge is 2.32. The summed E-state index contributed by atoms with van der Waals surface area (Å²) in [5.41, 5.74) is 0.933. The van der Waals surface area contributed by atoms with Crippen molar-refractivity contribution in [1.29, 1.82) is 0 Å². The number of benzene rings is 1. The van der Waals surface area contributed by atoms with Crippen molar-refractivity contribution in [3.8, 4) is 0 Å². The van der Waals surface area contributed by atoms with Gasteiger partial charge in [-0.15, -0.1) is 0 Å². The number of sulfone groups is 1. The van der Waals surface area contributed by atoms with Crippen molar-refractivity contribution >= 4 is 15.9 Å². The Bertz CT molecular complexity index is 601. The van der Waals surface area contributed by atoms with Gasteiger partial charge in [-0.25, -0.2) is 17.6 Å². The first kappa shape index (κ1) is 15.8. The fourth-order valence-corrected chi connectivity index (χ4v) is 4.11. The zero-order valence-electron chi connectivity index (χ0n) is 11.9. The summed E-state index contributed by atoms with van der Waals surface area (Å²) in [5.74, 6) is -0.107. The van der Waals surface area contributed by atoms with Crippen LogP contribution in [0.25, 0.3) is 0 Å². The Hall–Kier alpha value is -1.63. The van der Waals surface area contributed by atoms with E-state index in [4.69, 9.17) is 0 Å². The smallest absolute Gasteiger partial charge is 0.317 e. The van der Waals surface area contributed by atoms with Gasteiger partial charge in [0.2, 0.25) is 0 Å². The Labute approximate surface area is 124 Å². The largest absolute Gasteiger partial charge is 0.338 e. The van der Waals surface area contributed by atoms with Crippen LogP contribution in [0.3, 0.4) is 0 Å². The molecule has 0 unspecified atom stereocenters. The molecule has 1 aliphatic heterocycles. The van der Waals surface area contributed by atoms with Crippen LogP contribution in [0.4, 0.5) is 9.18 Å². The van der Waals surface area contributed by atoms with Crippen molar-refractivity contribution in [3.05, 3.63) is 35.6 Å². The molecule has 0 aliphatic carbocycles. The van der Waals surface area contributed by atoms with Crippen molar-refractivity contribution in [2.24, 2.45) is 0 Å². The molecular weight excluding hydrogens is 295 g/mol. The predicted molar refractivity (Wildman–Crippen MR) is 78.3 cm³/mol. The Morgan fingerprint density at radius 2 is 2.05 bits per heavy atom. The number of hydrogen-bond acceptors (Lipinski definition) is 3. The molecule has 1 atom stereocenters. The van der Waals surface area contributed by atoms with E-state index in [2.05, 4.69) is 5.32 Å². The van der Waals surface area contributed by atoms with Crippen molar-refractivity contribution in [2.45, 2.75) is 18.9 Å². The van der Waals surface area contributed by atoms with Gasteiger partial charge >= 0.3 is 6.03 Å². The van der Waals surface area contributed by atoms with Gasteiger partial charge in [0.15, 0.2) is 9.84 Å². The highest BCUT2D eigenvalue weighted by Crippen LogP contribution is 2.16. The zero-order chi connectivity index (χ0) is 15.5. The van der Waals surface area contributed by atoms with Gasteiger partial charge in [0.1, 0.15) is 5.82 Å². The maximum Gasteiger partial charge on any atom is 0.317 e. The van der Waals surface area contributed by atoms with E-state index in [0.29, 0.717) is 19.4 Å². The first-order valence-electron chi connectivity index (χ1n) is 6.83. The number of hydrogen-bond donors (Lipinski definition) is 1. The number of nitrogens with one attached hydrogen (secondary N) is 1. The minimum atomic E-state index is -3.00. The first-order valence-corrected chi connectivity index (χ1v) is 8.65. The standard InChI is InChI=1S/C14H19FN2O3S/c1-17(13-7-9-21(19,20)10-13)14(18)16-8-6-11-2-4-12(15)5-3-11/h2-5,13H,6-10H2,1H3,(H,16,18)/t13-/m0/s1. The lowest BCUT2D eigenvalue weighted by Crippen LogP contribution is -2.44. The fraction of sp³-hybridized carbons (Fsp3) is 0.500. The van der Waals surface area contributed by atoms with Crippen molar-refractivity contribution in [1.82, 2.24) is 10.2 Å². The molecule has 0 aromatic heterocycles. The van der Waals surface area contributed by atoms with Crippen LogP contribution in [-0.4, -0.2) is 50.5 Å². The maximum atomic E-state index is 12.8. The van der Waals surface area contributed by atoms with Crippen LogP contribution in [0.1, 0.15) is 12.0 Å². The minimum Gasteiger partial charge on any atom is -0.338 e.